The SMILES string of the molecule is CCCc1cccc(C(N)Cc2nc(C)cs2)c1. The number of nitrogens with zero attached hydrogens (tertiary/aromatic N) is 1. The van der Waals surface area contributed by atoms with E-state index in [-0.39, 0.29) is 6.04 Å². The lowest BCUT2D eigenvalue weighted by Crippen LogP contribution is -2.13. The molecule has 1 aromatic carbocycles. The number of rotatable bonds is 5. The van der Waals surface area contributed by atoms with Crippen molar-refractivity contribution >= 4 is 11.3 Å². The molecule has 2 rings (SSSR count). The molecule has 0 spiro atoms. The molecule has 18 heavy (non-hydrogen) atoms. The van der Waals surface area contributed by atoms with Crippen LogP contribution in [0.2, 0.25) is 0 Å². The molecule has 0 aliphatic heterocycles. The summed E-state index contributed by atoms with van der Waals surface area (Å²) in [7, 11) is 0. The van der Waals surface area contributed by atoms with E-state index < -0.39 is 0 Å². The van der Waals surface area contributed by atoms with Crippen molar-refractivity contribution in [3.8, 4) is 0 Å². The minimum Gasteiger partial charge on any atom is -0.324 e. The van der Waals surface area contributed by atoms with E-state index in [1.807, 2.05) is 6.92 Å². The van der Waals surface area contributed by atoms with Crippen molar-refractivity contribution in [3.63, 3.8) is 0 Å². The van der Waals surface area contributed by atoms with Crippen LogP contribution >= 0.6 is 11.3 Å². The van der Waals surface area contributed by atoms with Crippen LogP contribution in [0.5, 0.6) is 0 Å². The molecule has 2 nitrogen and oxygen atoms in total. The average Bonchev–Trinajstić information content (AvgIpc) is 2.75. The summed E-state index contributed by atoms with van der Waals surface area (Å²) >= 11 is 1.70. The molecule has 1 unspecified atom stereocenters. The van der Waals surface area contributed by atoms with Gasteiger partial charge in [0, 0.05) is 23.5 Å². The first-order valence-corrected chi connectivity index (χ1v) is 7.32. The molecule has 1 heterocycles. The van der Waals surface area contributed by atoms with Crippen molar-refractivity contribution in [3.05, 3.63) is 51.5 Å². The number of hydrogen-bond donors (Lipinski definition) is 1. The number of aromatic nitrogens is 1. The van der Waals surface area contributed by atoms with Gasteiger partial charge in [-0.3, -0.25) is 0 Å². The third kappa shape index (κ3) is 3.40. The van der Waals surface area contributed by atoms with E-state index in [4.69, 9.17) is 5.73 Å². The van der Waals surface area contributed by atoms with Gasteiger partial charge in [-0.05, 0) is 24.5 Å². The van der Waals surface area contributed by atoms with Gasteiger partial charge in [-0.1, -0.05) is 37.6 Å². The maximum Gasteiger partial charge on any atom is 0.0947 e. The van der Waals surface area contributed by atoms with Crippen LogP contribution in [-0.2, 0) is 12.8 Å². The molecule has 2 N–H and O–H groups in total. The smallest absolute Gasteiger partial charge is 0.0947 e. The van der Waals surface area contributed by atoms with E-state index in [0.29, 0.717) is 0 Å². The summed E-state index contributed by atoms with van der Waals surface area (Å²) < 4.78 is 0. The largest absolute Gasteiger partial charge is 0.324 e. The molecule has 0 saturated carbocycles. The maximum atomic E-state index is 6.27. The fraction of sp³-hybridized carbons (Fsp3) is 0.400. The normalized spacial score (nSPS) is 12.6. The summed E-state index contributed by atoms with van der Waals surface area (Å²) in [5.74, 6) is 0. The Morgan fingerprint density at radius 3 is 2.89 bits per heavy atom. The highest BCUT2D eigenvalue weighted by Crippen LogP contribution is 2.20. The third-order valence-electron chi connectivity index (χ3n) is 2.98. The molecule has 0 fully saturated rings. The molecule has 96 valence electrons. The first-order chi connectivity index (χ1) is 8.69. The van der Waals surface area contributed by atoms with Crippen LogP contribution in [0.3, 0.4) is 0 Å². The summed E-state index contributed by atoms with van der Waals surface area (Å²) in [4.78, 5) is 4.47. The standard InChI is InChI=1S/C15H20N2S/c1-3-5-12-6-4-7-13(8-12)14(16)9-15-17-11(2)10-18-15/h4,6-8,10,14H,3,5,9,16H2,1-2H3. The van der Waals surface area contributed by atoms with Gasteiger partial charge in [0.25, 0.3) is 0 Å². The van der Waals surface area contributed by atoms with Crippen LogP contribution in [0.15, 0.2) is 29.6 Å². The van der Waals surface area contributed by atoms with E-state index in [1.54, 1.807) is 11.3 Å². The zero-order chi connectivity index (χ0) is 13.0. The van der Waals surface area contributed by atoms with Crippen LogP contribution < -0.4 is 5.73 Å². The van der Waals surface area contributed by atoms with E-state index in [2.05, 4.69) is 41.6 Å². The van der Waals surface area contributed by atoms with Crippen LogP contribution in [0.1, 0.15) is 41.2 Å². The average molecular weight is 260 g/mol. The van der Waals surface area contributed by atoms with Crippen molar-refractivity contribution in [1.29, 1.82) is 0 Å². The Kier molecular flexibility index (Phi) is 4.50. The summed E-state index contributed by atoms with van der Waals surface area (Å²) in [6.07, 6.45) is 3.12. The molecular formula is C15H20N2S. The Morgan fingerprint density at radius 1 is 1.39 bits per heavy atom. The van der Waals surface area contributed by atoms with Crippen LogP contribution in [0, 0.1) is 6.92 Å². The lowest BCUT2D eigenvalue weighted by atomic mass is 10.0. The van der Waals surface area contributed by atoms with E-state index in [9.17, 15) is 0 Å². The van der Waals surface area contributed by atoms with E-state index in [1.165, 1.54) is 17.5 Å². The second-order valence-electron chi connectivity index (χ2n) is 4.69. The number of nitrogens with two attached hydrogens (primary N) is 1. The van der Waals surface area contributed by atoms with Crippen molar-refractivity contribution in [2.75, 3.05) is 0 Å². The van der Waals surface area contributed by atoms with Gasteiger partial charge in [0.2, 0.25) is 0 Å². The Hall–Kier alpha value is -1.19. The molecule has 2 aromatic rings. The Morgan fingerprint density at radius 2 is 2.22 bits per heavy atom. The lowest BCUT2D eigenvalue weighted by molar-refractivity contribution is 0.714. The van der Waals surface area contributed by atoms with Gasteiger partial charge in [-0.25, -0.2) is 4.98 Å². The molecule has 1 aromatic heterocycles. The maximum absolute atomic E-state index is 6.27. The van der Waals surface area contributed by atoms with Crippen LogP contribution in [-0.4, -0.2) is 4.98 Å². The molecule has 0 aliphatic rings. The Bertz CT molecular complexity index is 505. The van der Waals surface area contributed by atoms with Crippen molar-refractivity contribution < 1.29 is 0 Å². The minimum atomic E-state index is 0.0485. The fourth-order valence-electron chi connectivity index (χ4n) is 2.07. The number of benzene rings is 1. The molecule has 0 saturated heterocycles. The predicted molar refractivity (Wildman–Crippen MR) is 77.9 cm³/mol. The second kappa shape index (κ2) is 6.12. The van der Waals surface area contributed by atoms with Gasteiger partial charge < -0.3 is 5.73 Å². The summed E-state index contributed by atoms with van der Waals surface area (Å²) in [6.45, 7) is 4.22. The molecule has 1 atom stereocenters. The molecule has 0 aliphatic carbocycles. The lowest BCUT2D eigenvalue weighted by Gasteiger charge is -2.11. The zero-order valence-corrected chi connectivity index (χ0v) is 11.8. The number of aryl methyl sites for hydroxylation is 2. The van der Waals surface area contributed by atoms with Crippen molar-refractivity contribution in [1.82, 2.24) is 4.98 Å². The Labute approximate surface area is 113 Å². The summed E-state index contributed by atoms with van der Waals surface area (Å²) in [5.41, 5.74) is 9.95. The molecule has 3 heteroatoms. The highest BCUT2D eigenvalue weighted by Gasteiger charge is 2.10. The van der Waals surface area contributed by atoms with Crippen molar-refractivity contribution in [2.24, 2.45) is 5.73 Å². The third-order valence-corrected chi connectivity index (χ3v) is 3.97. The van der Waals surface area contributed by atoms with Gasteiger partial charge in [-0.2, -0.15) is 0 Å². The highest BCUT2D eigenvalue weighted by molar-refractivity contribution is 7.09. The van der Waals surface area contributed by atoms with Gasteiger partial charge in [0.15, 0.2) is 0 Å². The van der Waals surface area contributed by atoms with Crippen LogP contribution in [0.25, 0.3) is 0 Å². The quantitative estimate of drug-likeness (QED) is 0.891. The molecule has 0 bridgehead atoms. The predicted octanol–water partition coefficient (Wildman–Crippen LogP) is 3.65. The summed E-state index contributed by atoms with van der Waals surface area (Å²) in [6, 6.07) is 8.67. The number of thiazole rings is 1. The summed E-state index contributed by atoms with van der Waals surface area (Å²) in [5, 5.41) is 3.20. The van der Waals surface area contributed by atoms with Gasteiger partial charge in [0.05, 0.1) is 5.01 Å². The minimum absolute atomic E-state index is 0.0485. The first kappa shape index (κ1) is 13.2. The second-order valence-corrected chi connectivity index (χ2v) is 5.63. The highest BCUT2D eigenvalue weighted by atomic mass is 32.1. The van der Waals surface area contributed by atoms with Crippen molar-refractivity contribution in [2.45, 2.75) is 39.2 Å². The van der Waals surface area contributed by atoms with Gasteiger partial charge in [-0.15, -0.1) is 11.3 Å². The zero-order valence-electron chi connectivity index (χ0n) is 11.0. The monoisotopic (exact) mass is 260 g/mol. The van der Waals surface area contributed by atoms with Crippen LogP contribution in [0.4, 0.5) is 0 Å². The molecule has 0 amide bonds. The van der Waals surface area contributed by atoms with Gasteiger partial charge in [0.1, 0.15) is 0 Å². The number of hydrogen-bond acceptors (Lipinski definition) is 3. The van der Waals surface area contributed by atoms with E-state index >= 15 is 0 Å². The van der Waals surface area contributed by atoms with E-state index in [0.717, 1.165) is 23.5 Å². The Balaban J connectivity index is 2.08. The first-order valence-electron chi connectivity index (χ1n) is 6.44. The molecular weight excluding hydrogens is 240 g/mol. The topological polar surface area (TPSA) is 38.9 Å². The fourth-order valence-corrected chi connectivity index (χ4v) is 2.90. The molecule has 0 radical (unpaired) electrons. The van der Waals surface area contributed by atoms with Gasteiger partial charge >= 0.3 is 0 Å².